The molecule has 1 aliphatic rings. The first-order valence-electron chi connectivity index (χ1n) is 7.87. The average Bonchev–Trinajstić information content (AvgIpc) is 2.84. The van der Waals surface area contributed by atoms with E-state index in [1.54, 1.807) is 30.3 Å². The van der Waals surface area contributed by atoms with Crippen molar-refractivity contribution in [2.75, 3.05) is 15.4 Å². The number of nitrogens with one attached hydrogen (secondary N) is 1. The number of hydrogen-bond donors (Lipinski definition) is 1. The summed E-state index contributed by atoms with van der Waals surface area (Å²) in [6.07, 6.45) is 2.77. The number of sulfonamides is 1. The van der Waals surface area contributed by atoms with Gasteiger partial charge in [-0.3, -0.25) is 19.3 Å². The summed E-state index contributed by atoms with van der Waals surface area (Å²) in [6, 6.07) is 9.33. The number of benzene rings is 1. The monoisotopic (exact) mass is 359 g/mol. The highest BCUT2D eigenvalue weighted by Gasteiger charge is 2.37. The number of rotatable bonds is 6. The third-order valence-electron chi connectivity index (χ3n) is 3.79. The normalized spacial score (nSPS) is 13.9. The summed E-state index contributed by atoms with van der Waals surface area (Å²) < 4.78 is 26.5. The maximum absolute atomic E-state index is 12.5. The van der Waals surface area contributed by atoms with Crippen molar-refractivity contribution in [2.24, 2.45) is 0 Å². The Morgan fingerprint density at radius 3 is 2.64 bits per heavy atom. The fourth-order valence-corrected chi connectivity index (χ4v) is 3.83. The molecule has 0 unspecified atom stereocenters. The summed E-state index contributed by atoms with van der Waals surface area (Å²) in [5.74, 6) is -0.976. The molecule has 2 aromatic rings. The van der Waals surface area contributed by atoms with Crippen LogP contribution in [0.15, 0.2) is 42.6 Å². The van der Waals surface area contributed by atoms with Crippen LogP contribution in [-0.4, -0.2) is 31.0 Å². The van der Waals surface area contributed by atoms with Gasteiger partial charge in [0.2, 0.25) is 10.0 Å². The predicted octanol–water partition coefficient (Wildman–Crippen LogP) is 2.42. The molecule has 8 heteroatoms. The number of amides is 2. The van der Waals surface area contributed by atoms with E-state index in [4.69, 9.17) is 0 Å². The van der Waals surface area contributed by atoms with Crippen molar-refractivity contribution in [3.63, 3.8) is 0 Å². The van der Waals surface area contributed by atoms with E-state index in [9.17, 15) is 18.0 Å². The maximum Gasteiger partial charge on any atom is 0.284 e. The van der Waals surface area contributed by atoms with Crippen molar-refractivity contribution in [1.82, 2.24) is 4.98 Å². The number of fused-ring (bicyclic) bond motifs is 1. The Morgan fingerprint density at radius 1 is 1.12 bits per heavy atom. The molecule has 0 fully saturated rings. The molecule has 0 atom stereocenters. The number of hydrogen-bond acceptors (Lipinski definition) is 5. The molecule has 0 radical (unpaired) electrons. The van der Waals surface area contributed by atoms with E-state index in [0.717, 1.165) is 11.3 Å². The van der Waals surface area contributed by atoms with Gasteiger partial charge in [0.05, 0.1) is 22.7 Å². The second kappa shape index (κ2) is 6.64. The van der Waals surface area contributed by atoms with Crippen molar-refractivity contribution < 1.29 is 18.0 Å². The molecule has 1 aromatic carbocycles. The van der Waals surface area contributed by atoms with Crippen molar-refractivity contribution in [2.45, 2.75) is 19.8 Å². The van der Waals surface area contributed by atoms with E-state index in [2.05, 4.69) is 9.71 Å². The Balaban J connectivity index is 1.88. The number of anilines is 2. The first-order chi connectivity index (χ1) is 11.9. The molecule has 0 bridgehead atoms. The van der Waals surface area contributed by atoms with Gasteiger partial charge in [0, 0.05) is 6.20 Å². The lowest BCUT2D eigenvalue weighted by molar-refractivity contribution is 0.0924. The van der Waals surface area contributed by atoms with Crippen LogP contribution in [-0.2, 0) is 10.0 Å². The molecule has 0 aliphatic carbocycles. The van der Waals surface area contributed by atoms with E-state index in [-0.39, 0.29) is 17.0 Å². The van der Waals surface area contributed by atoms with Crippen LogP contribution in [0.3, 0.4) is 0 Å². The number of carbonyl (C=O) groups excluding carboxylic acids is 2. The molecule has 7 nitrogen and oxygen atoms in total. The second-order valence-electron chi connectivity index (χ2n) is 5.67. The van der Waals surface area contributed by atoms with Gasteiger partial charge in [-0.1, -0.05) is 19.4 Å². The molecule has 0 saturated heterocycles. The van der Waals surface area contributed by atoms with Crippen LogP contribution < -0.4 is 9.62 Å². The summed E-state index contributed by atoms with van der Waals surface area (Å²) in [5, 5.41) is 0. The number of nitrogens with zero attached hydrogens (tertiary/aromatic N) is 2. The van der Waals surface area contributed by atoms with Crippen molar-refractivity contribution >= 4 is 33.2 Å². The van der Waals surface area contributed by atoms with E-state index in [1.807, 2.05) is 6.92 Å². The number of unbranched alkanes of at least 4 members (excludes halogenated alkanes) is 1. The van der Waals surface area contributed by atoms with E-state index >= 15 is 0 Å². The highest BCUT2D eigenvalue weighted by Crippen LogP contribution is 2.29. The lowest BCUT2D eigenvalue weighted by atomic mass is 10.2. The minimum absolute atomic E-state index is 0.0185. The summed E-state index contributed by atoms with van der Waals surface area (Å²) in [4.78, 5) is 29.9. The minimum atomic E-state index is -3.47. The third-order valence-corrected chi connectivity index (χ3v) is 5.16. The molecular formula is C17H17N3O4S. The lowest BCUT2D eigenvalue weighted by Crippen LogP contribution is -2.29. The predicted molar refractivity (Wildman–Crippen MR) is 94.1 cm³/mol. The topological polar surface area (TPSA) is 96.4 Å². The molecule has 130 valence electrons. The quantitative estimate of drug-likeness (QED) is 0.799. The molecule has 2 heterocycles. The smallest absolute Gasteiger partial charge is 0.283 e. The minimum Gasteiger partial charge on any atom is -0.283 e. The average molecular weight is 359 g/mol. The van der Waals surface area contributed by atoms with Crippen molar-refractivity contribution in [1.29, 1.82) is 0 Å². The zero-order valence-electron chi connectivity index (χ0n) is 13.6. The molecule has 2 amide bonds. The van der Waals surface area contributed by atoms with Gasteiger partial charge in [-0.2, -0.15) is 0 Å². The fourth-order valence-electron chi connectivity index (χ4n) is 2.57. The number of aromatic nitrogens is 1. The van der Waals surface area contributed by atoms with Gasteiger partial charge in [0.1, 0.15) is 5.69 Å². The van der Waals surface area contributed by atoms with Crippen molar-refractivity contribution in [3.05, 3.63) is 53.9 Å². The molecule has 25 heavy (non-hydrogen) atoms. The zero-order valence-corrected chi connectivity index (χ0v) is 14.4. The highest BCUT2D eigenvalue weighted by molar-refractivity contribution is 7.92. The Hall–Kier alpha value is -2.74. The maximum atomic E-state index is 12.5. The Labute approximate surface area is 145 Å². The molecule has 1 N–H and O–H groups in total. The molecule has 0 saturated carbocycles. The summed E-state index contributed by atoms with van der Waals surface area (Å²) in [7, 11) is -3.47. The molecule has 0 spiro atoms. The third kappa shape index (κ3) is 3.39. The van der Waals surface area contributed by atoms with E-state index in [0.29, 0.717) is 17.8 Å². The standard InChI is InChI=1S/C17H17N3O4S/c1-2-3-10-25(23,24)19-12-6-4-7-13(11-12)20-16(21)14-8-5-9-18-15(14)17(20)22/h4-9,11,19H,2-3,10H2,1H3. The van der Waals surface area contributed by atoms with Gasteiger partial charge >= 0.3 is 0 Å². The van der Waals surface area contributed by atoms with Gasteiger partial charge < -0.3 is 0 Å². The summed E-state index contributed by atoms with van der Waals surface area (Å²) in [6.45, 7) is 1.91. The first kappa shape index (κ1) is 17.1. The van der Waals surface area contributed by atoms with Crippen LogP contribution in [0.25, 0.3) is 0 Å². The Kier molecular flexibility index (Phi) is 4.54. The number of carbonyl (C=O) groups is 2. The molecule has 3 rings (SSSR count). The van der Waals surface area contributed by atoms with Crippen LogP contribution in [0.2, 0.25) is 0 Å². The zero-order chi connectivity index (χ0) is 18.0. The van der Waals surface area contributed by atoms with E-state index in [1.165, 1.54) is 12.3 Å². The molecule has 1 aliphatic heterocycles. The lowest BCUT2D eigenvalue weighted by Gasteiger charge is -2.15. The fraction of sp³-hybridized carbons (Fsp3) is 0.235. The highest BCUT2D eigenvalue weighted by atomic mass is 32.2. The SMILES string of the molecule is CCCCS(=O)(=O)Nc1cccc(N2C(=O)c3cccnc3C2=O)c1. The van der Waals surface area contributed by atoms with E-state index < -0.39 is 21.8 Å². The van der Waals surface area contributed by atoms with Gasteiger partial charge in [-0.15, -0.1) is 0 Å². The first-order valence-corrected chi connectivity index (χ1v) is 9.52. The van der Waals surface area contributed by atoms with Gasteiger partial charge in [-0.25, -0.2) is 13.3 Å². The Bertz CT molecular complexity index is 905. The van der Waals surface area contributed by atoms with Crippen LogP contribution in [0, 0.1) is 0 Å². The van der Waals surface area contributed by atoms with Crippen LogP contribution >= 0.6 is 0 Å². The summed E-state index contributed by atoms with van der Waals surface area (Å²) >= 11 is 0. The number of pyridine rings is 1. The Morgan fingerprint density at radius 2 is 1.92 bits per heavy atom. The van der Waals surface area contributed by atoms with Crippen LogP contribution in [0.4, 0.5) is 11.4 Å². The van der Waals surface area contributed by atoms with Gasteiger partial charge in [0.25, 0.3) is 11.8 Å². The summed E-state index contributed by atoms with van der Waals surface area (Å²) in [5.41, 5.74) is 0.935. The molecular weight excluding hydrogens is 342 g/mol. The van der Waals surface area contributed by atoms with Crippen LogP contribution in [0.1, 0.15) is 40.6 Å². The van der Waals surface area contributed by atoms with Crippen LogP contribution in [0.5, 0.6) is 0 Å². The molecule has 1 aromatic heterocycles. The largest absolute Gasteiger partial charge is 0.284 e. The van der Waals surface area contributed by atoms with Gasteiger partial charge in [-0.05, 0) is 36.8 Å². The second-order valence-corrected chi connectivity index (χ2v) is 7.51. The van der Waals surface area contributed by atoms with Gasteiger partial charge in [0.15, 0.2) is 0 Å². The van der Waals surface area contributed by atoms with Crippen molar-refractivity contribution in [3.8, 4) is 0 Å². The number of imide groups is 1.